The molecule has 0 bridgehead atoms. The van der Waals surface area contributed by atoms with E-state index in [2.05, 4.69) is 17.2 Å². The molecule has 1 aliphatic rings. The lowest BCUT2D eigenvalue weighted by Gasteiger charge is -2.29. The summed E-state index contributed by atoms with van der Waals surface area (Å²) in [5.74, 6) is 0.822. The van der Waals surface area contributed by atoms with E-state index in [0.29, 0.717) is 10.9 Å². The molecule has 0 aliphatic heterocycles. The van der Waals surface area contributed by atoms with Crippen molar-refractivity contribution in [1.29, 1.82) is 0 Å². The molecule has 0 unspecified atom stereocenters. The van der Waals surface area contributed by atoms with Crippen LogP contribution in [0.25, 0.3) is 0 Å². The topological polar surface area (TPSA) is 79.4 Å². The quantitative estimate of drug-likeness (QED) is 0.775. The number of aromatic nitrogens is 1. The zero-order valence-electron chi connectivity index (χ0n) is 14.4. The van der Waals surface area contributed by atoms with Gasteiger partial charge in [0, 0.05) is 26.3 Å². The van der Waals surface area contributed by atoms with Crippen molar-refractivity contribution in [1.82, 2.24) is 14.6 Å². The maximum Gasteiger partial charge on any atom is 0.244 e. The van der Waals surface area contributed by atoms with E-state index in [4.69, 9.17) is 0 Å². The number of pyridine rings is 1. The van der Waals surface area contributed by atoms with Crippen LogP contribution in [0.15, 0.2) is 28.3 Å². The number of carbonyl (C=O) groups is 1. The molecule has 1 saturated carbocycles. The van der Waals surface area contributed by atoms with Crippen LogP contribution in [0.1, 0.15) is 32.6 Å². The number of nitrogens with one attached hydrogen (secondary N) is 1. The van der Waals surface area contributed by atoms with Gasteiger partial charge in [0.15, 0.2) is 0 Å². The third kappa shape index (κ3) is 4.94. The highest BCUT2D eigenvalue weighted by Crippen LogP contribution is 2.24. The van der Waals surface area contributed by atoms with Gasteiger partial charge in [0.25, 0.3) is 0 Å². The van der Waals surface area contributed by atoms with Gasteiger partial charge in [-0.15, -0.1) is 0 Å². The summed E-state index contributed by atoms with van der Waals surface area (Å²) in [6.45, 7) is 2.18. The Kier molecular flexibility index (Phi) is 6.65. The second kappa shape index (κ2) is 8.31. The summed E-state index contributed by atoms with van der Waals surface area (Å²) >= 11 is 1.31. The largest absolute Gasteiger partial charge is 0.352 e. The van der Waals surface area contributed by atoms with Gasteiger partial charge in [0.05, 0.1) is 10.8 Å². The molecule has 1 fully saturated rings. The van der Waals surface area contributed by atoms with Crippen LogP contribution in [-0.4, -0.2) is 49.5 Å². The number of amides is 1. The third-order valence-corrected chi connectivity index (χ3v) is 7.04. The Morgan fingerprint density at radius 3 is 2.62 bits per heavy atom. The molecule has 0 spiro atoms. The van der Waals surface area contributed by atoms with Crippen molar-refractivity contribution in [2.45, 2.75) is 48.6 Å². The van der Waals surface area contributed by atoms with E-state index in [1.165, 1.54) is 57.4 Å². The van der Waals surface area contributed by atoms with Crippen LogP contribution in [0.2, 0.25) is 0 Å². The van der Waals surface area contributed by atoms with Crippen molar-refractivity contribution < 1.29 is 13.2 Å². The number of thioether (sulfide) groups is 1. The summed E-state index contributed by atoms with van der Waals surface area (Å²) in [7, 11) is -0.506. The Labute approximate surface area is 148 Å². The van der Waals surface area contributed by atoms with E-state index in [0.717, 1.165) is 10.7 Å². The smallest absolute Gasteiger partial charge is 0.244 e. The maximum absolute atomic E-state index is 12.1. The molecule has 24 heavy (non-hydrogen) atoms. The van der Waals surface area contributed by atoms with Gasteiger partial charge in [-0.2, -0.15) is 0 Å². The van der Waals surface area contributed by atoms with Crippen LogP contribution in [0.4, 0.5) is 0 Å². The monoisotopic (exact) mass is 371 g/mol. The second-order valence-corrected chi connectivity index (χ2v) is 9.49. The number of nitrogens with zero attached hydrogens (tertiary/aromatic N) is 2. The molecule has 1 aromatic heterocycles. The fourth-order valence-electron chi connectivity index (χ4n) is 2.73. The molecule has 1 N–H and O–H groups in total. The Hall–Kier alpha value is -1.12. The van der Waals surface area contributed by atoms with E-state index >= 15 is 0 Å². The summed E-state index contributed by atoms with van der Waals surface area (Å²) < 4.78 is 25.1. The van der Waals surface area contributed by atoms with Crippen LogP contribution >= 0.6 is 11.8 Å². The SMILES string of the molecule is C[C@@H]1CCCC[C@H]1NC(=O)CSc1ccc(S(=O)(=O)N(C)C)cn1. The Morgan fingerprint density at radius 1 is 1.33 bits per heavy atom. The van der Waals surface area contributed by atoms with E-state index in [1.54, 1.807) is 6.07 Å². The van der Waals surface area contributed by atoms with Crippen molar-refractivity contribution in [2.75, 3.05) is 19.8 Å². The Bertz CT molecular complexity index is 660. The molecule has 0 saturated heterocycles. The van der Waals surface area contributed by atoms with Crippen LogP contribution in [0, 0.1) is 5.92 Å². The first-order valence-corrected chi connectivity index (χ1v) is 10.5. The molecule has 2 rings (SSSR count). The molecular formula is C16H25N3O3S2. The standard InChI is InChI=1S/C16H25N3O3S2/c1-12-6-4-5-7-14(12)18-15(20)11-23-16-9-8-13(10-17-16)24(21,22)19(2)3/h8-10,12,14H,4-7,11H2,1-3H3,(H,18,20)/t12-,14-/m1/s1. The first kappa shape index (κ1) is 19.2. The van der Waals surface area contributed by atoms with Crippen LogP contribution in [0.5, 0.6) is 0 Å². The fraction of sp³-hybridized carbons (Fsp3) is 0.625. The van der Waals surface area contributed by atoms with Gasteiger partial charge < -0.3 is 5.32 Å². The lowest BCUT2D eigenvalue weighted by atomic mass is 9.86. The van der Waals surface area contributed by atoms with Crippen LogP contribution in [-0.2, 0) is 14.8 Å². The minimum atomic E-state index is -3.47. The van der Waals surface area contributed by atoms with Crippen LogP contribution in [0.3, 0.4) is 0 Å². The van der Waals surface area contributed by atoms with E-state index in [-0.39, 0.29) is 22.6 Å². The van der Waals surface area contributed by atoms with Gasteiger partial charge >= 0.3 is 0 Å². The highest BCUT2D eigenvalue weighted by atomic mass is 32.2. The Morgan fingerprint density at radius 2 is 2.04 bits per heavy atom. The lowest BCUT2D eigenvalue weighted by Crippen LogP contribution is -2.41. The first-order chi connectivity index (χ1) is 11.3. The van der Waals surface area contributed by atoms with Crippen molar-refractivity contribution in [3.63, 3.8) is 0 Å². The van der Waals surface area contributed by atoms with Crippen LogP contribution < -0.4 is 5.32 Å². The summed E-state index contributed by atoms with van der Waals surface area (Å²) in [5, 5.41) is 3.74. The maximum atomic E-state index is 12.1. The third-order valence-electron chi connectivity index (χ3n) is 4.30. The summed E-state index contributed by atoms with van der Waals surface area (Å²) in [6.07, 6.45) is 5.97. The van der Waals surface area contributed by atoms with Crippen molar-refractivity contribution in [2.24, 2.45) is 5.92 Å². The molecule has 1 aromatic rings. The summed E-state index contributed by atoms with van der Waals surface area (Å²) in [5.41, 5.74) is 0. The zero-order valence-corrected chi connectivity index (χ0v) is 16.0. The number of sulfonamides is 1. The molecule has 1 aliphatic carbocycles. The van der Waals surface area contributed by atoms with Crippen molar-refractivity contribution >= 4 is 27.7 Å². The molecule has 134 valence electrons. The minimum absolute atomic E-state index is 0.00513. The average Bonchev–Trinajstić information content (AvgIpc) is 2.55. The second-order valence-electron chi connectivity index (χ2n) is 6.34. The van der Waals surface area contributed by atoms with Crippen molar-refractivity contribution in [3.8, 4) is 0 Å². The molecule has 1 heterocycles. The predicted octanol–water partition coefficient (Wildman–Crippen LogP) is 2.12. The molecule has 0 radical (unpaired) electrons. The zero-order chi connectivity index (χ0) is 17.7. The number of carbonyl (C=O) groups excluding carboxylic acids is 1. The highest BCUT2D eigenvalue weighted by molar-refractivity contribution is 7.99. The van der Waals surface area contributed by atoms with E-state index in [9.17, 15) is 13.2 Å². The minimum Gasteiger partial charge on any atom is -0.352 e. The summed E-state index contributed by atoms with van der Waals surface area (Å²) in [4.78, 5) is 16.4. The molecule has 0 aromatic carbocycles. The molecular weight excluding hydrogens is 346 g/mol. The lowest BCUT2D eigenvalue weighted by molar-refractivity contribution is -0.119. The van der Waals surface area contributed by atoms with Gasteiger partial charge in [0.1, 0.15) is 4.90 Å². The average molecular weight is 372 g/mol. The molecule has 2 atom stereocenters. The molecule has 1 amide bonds. The molecule has 6 nitrogen and oxygen atoms in total. The van der Waals surface area contributed by atoms with E-state index < -0.39 is 10.0 Å². The highest BCUT2D eigenvalue weighted by Gasteiger charge is 2.23. The predicted molar refractivity (Wildman–Crippen MR) is 95.4 cm³/mol. The summed E-state index contributed by atoms with van der Waals surface area (Å²) in [6, 6.07) is 3.43. The normalized spacial score (nSPS) is 21.7. The Balaban J connectivity index is 1.87. The molecule has 8 heteroatoms. The van der Waals surface area contributed by atoms with Gasteiger partial charge in [0.2, 0.25) is 15.9 Å². The first-order valence-electron chi connectivity index (χ1n) is 8.11. The van der Waals surface area contributed by atoms with Gasteiger partial charge in [-0.05, 0) is 30.9 Å². The van der Waals surface area contributed by atoms with Crippen molar-refractivity contribution in [3.05, 3.63) is 18.3 Å². The van der Waals surface area contributed by atoms with Gasteiger partial charge in [-0.1, -0.05) is 31.5 Å². The fourth-order valence-corrected chi connectivity index (χ4v) is 4.24. The number of hydrogen-bond donors (Lipinski definition) is 1. The van der Waals surface area contributed by atoms with E-state index in [1.807, 2.05) is 0 Å². The number of rotatable bonds is 6. The van der Waals surface area contributed by atoms with Gasteiger partial charge in [-0.25, -0.2) is 17.7 Å². The number of hydrogen-bond acceptors (Lipinski definition) is 5. The van der Waals surface area contributed by atoms with Gasteiger partial charge in [-0.3, -0.25) is 4.79 Å².